The molecule has 0 aromatic rings. The maximum atomic E-state index is 12.2. The van der Waals surface area contributed by atoms with E-state index in [0.29, 0.717) is 12.6 Å². The van der Waals surface area contributed by atoms with Crippen molar-refractivity contribution in [3.63, 3.8) is 0 Å². The summed E-state index contributed by atoms with van der Waals surface area (Å²) in [4.78, 5) is 14.8. The van der Waals surface area contributed by atoms with Crippen LogP contribution in [0.3, 0.4) is 0 Å². The number of nitrogens with zero attached hydrogens (tertiary/aromatic N) is 1. The highest BCUT2D eigenvalue weighted by Gasteiger charge is 2.39. The topological polar surface area (TPSA) is 41.6 Å². The molecule has 1 aliphatic heterocycles. The van der Waals surface area contributed by atoms with Crippen LogP contribution in [0.5, 0.6) is 0 Å². The van der Waals surface area contributed by atoms with Gasteiger partial charge in [0.1, 0.15) is 5.54 Å². The van der Waals surface area contributed by atoms with Gasteiger partial charge in [-0.15, -0.1) is 0 Å². The van der Waals surface area contributed by atoms with Gasteiger partial charge in [0.25, 0.3) is 0 Å². The van der Waals surface area contributed by atoms with Crippen molar-refractivity contribution in [2.24, 2.45) is 0 Å². The van der Waals surface area contributed by atoms with Crippen molar-refractivity contribution in [2.45, 2.75) is 83.3 Å². The molecule has 2 atom stereocenters. The minimum absolute atomic E-state index is 0.0774. The van der Waals surface area contributed by atoms with E-state index in [2.05, 4.69) is 17.1 Å². The molecule has 122 valence electrons. The zero-order chi connectivity index (χ0) is 15.3. The lowest BCUT2D eigenvalue weighted by Gasteiger charge is -2.29. The van der Waals surface area contributed by atoms with E-state index in [9.17, 15) is 4.79 Å². The van der Waals surface area contributed by atoms with E-state index in [1.807, 2.05) is 13.8 Å². The molecule has 4 nitrogen and oxygen atoms in total. The number of rotatable bonds is 9. The van der Waals surface area contributed by atoms with Gasteiger partial charge < -0.3 is 9.64 Å². The molecule has 0 radical (unpaired) electrons. The van der Waals surface area contributed by atoms with Crippen molar-refractivity contribution in [3.05, 3.63) is 0 Å². The van der Waals surface area contributed by atoms with Crippen LogP contribution in [0.4, 0.5) is 0 Å². The van der Waals surface area contributed by atoms with Crippen molar-refractivity contribution in [1.29, 1.82) is 0 Å². The second kappa shape index (κ2) is 7.59. The van der Waals surface area contributed by atoms with Crippen LogP contribution >= 0.6 is 0 Å². The summed E-state index contributed by atoms with van der Waals surface area (Å²) in [5, 5.41) is 3.50. The smallest absolute Gasteiger partial charge is 0.326 e. The largest absolute Gasteiger partial charge is 0.465 e. The first kappa shape index (κ1) is 16.8. The number of nitrogens with one attached hydrogen (secondary N) is 1. The average Bonchev–Trinajstić information content (AvgIpc) is 3.16. The fraction of sp³-hybridized carbons (Fsp3) is 0.941. The third-order valence-electron chi connectivity index (χ3n) is 4.89. The Balaban J connectivity index is 1.74. The fourth-order valence-corrected chi connectivity index (χ4v) is 3.32. The highest BCUT2D eigenvalue weighted by atomic mass is 16.5. The lowest BCUT2D eigenvalue weighted by molar-refractivity contribution is -0.151. The molecule has 0 amide bonds. The molecule has 1 aliphatic carbocycles. The molecule has 0 bridgehead atoms. The van der Waals surface area contributed by atoms with Crippen LogP contribution in [0.1, 0.15) is 65.7 Å². The standard InChI is InChI=1S/C17H32N2O2/c1-4-21-16(20)17(3,18-15-9-10-15)11-5-6-12-19-13-7-8-14(19)2/h14-15,18H,4-13H2,1-3H3. The number of ether oxygens (including phenoxy) is 1. The molecule has 1 saturated heterocycles. The number of likely N-dealkylation sites (tertiary alicyclic amines) is 1. The Bertz CT molecular complexity index is 344. The lowest BCUT2D eigenvalue weighted by Crippen LogP contribution is -2.51. The van der Waals surface area contributed by atoms with Gasteiger partial charge in [0.2, 0.25) is 0 Å². The van der Waals surface area contributed by atoms with Crippen LogP contribution in [0, 0.1) is 0 Å². The summed E-state index contributed by atoms with van der Waals surface area (Å²) in [6, 6.07) is 1.27. The first-order valence-corrected chi connectivity index (χ1v) is 8.74. The number of unbranched alkanes of at least 4 members (excludes halogenated alkanes) is 1. The van der Waals surface area contributed by atoms with Crippen LogP contribution < -0.4 is 5.32 Å². The third kappa shape index (κ3) is 4.96. The van der Waals surface area contributed by atoms with E-state index in [4.69, 9.17) is 4.74 Å². The van der Waals surface area contributed by atoms with E-state index in [-0.39, 0.29) is 5.97 Å². The normalized spacial score (nSPS) is 25.8. The van der Waals surface area contributed by atoms with Gasteiger partial charge in [0.05, 0.1) is 6.61 Å². The van der Waals surface area contributed by atoms with Gasteiger partial charge in [0, 0.05) is 12.1 Å². The molecule has 4 heteroatoms. The van der Waals surface area contributed by atoms with Crippen molar-refractivity contribution >= 4 is 5.97 Å². The predicted octanol–water partition coefficient (Wildman–Crippen LogP) is 2.71. The van der Waals surface area contributed by atoms with Crippen LogP contribution in [-0.2, 0) is 9.53 Å². The SMILES string of the molecule is CCOC(=O)C(C)(CCCCN1CCCC1C)NC1CC1. The van der Waals surface area contributed by atoms with Gasteiger partial charge in [-0.2, -0.15) is 0 Å². The molecule has 0 aromatic carbocycles. The summed E-state index contributed by atoms with van der Waals surface area (Å²) >= 11 is 0. The fourth-order valence-electron chi connectivity index (χ4n) is 3.32. The van der Waals surface area contributed by atoms with E-state index >= 15 is 0 Å². The van der Waals surface area contributed by atoms with Gasteiger partial charge in [-0.05, 0) is 78.8 Å². The summed E-state index contributed by atoms with van der Waals surface area (Å²) < 4.78 is 5.27. The number of esters is 1. The van der Waals surface area contributed by atoms with E-state index in [0.717, 1.165) is 18.9 Å². The highest BCUT2D eigenvalue weighted by molar-refractivity contribution is 5.80. The van der Waals surface area contributed by atoms with Crippen molar-refractivity contribution in [2.75, 3.05) is 19.7 Å². The zero-order valence-corrected chi connectivity index (χ0v) is 14.0. The maximum Gasteiger partial charge on any atom is 0.326 e. The predicted molar refractivity (Wildman–Crippen MR) is 85.3 cm³/mol. The number of hydrogen-bond acceptors (Lipinski definition) is 4. The molecule has 1 saturated carbocycles. The molecular weight excluding hydrogens is 264 g/mol. The van der Waals surface area contributed by atoms with E-state index in [1.54, 1.807) is 0 Å². The van der Waals surface area contributed by atoms with E-state index in [1.165, 1.54) is 45.2 Å². The monoisotopic (exact) mass is 296 g/mol. The van der Waals surface area contributed by atoms with Gasteiger partial charge in [0.15, 0.2) is 0 Å². The average molecular weight is 296 g/mol. The Morgan fingerprint density at radius 1 is 1.33 bits per heavy atom. The Morgan fingerprint density at radius 3 is 2.67 bits per heavy atom. The zero-order valence-electron chi connectivity index (χ0n) is 14.0. The third-order valence-corrected chi connectivity index (χ3v) is 4.89. The second-order valence-corrected chi connectivity index (χ2v) is 6.96. The molecule has 0 spiro atoms. The summed E-state index contributed by atoms with van der Waals surface area (Å²) in [5.74, 6) is -0.0774. The number of carbonyl (C=O) groups excluding carboxylic acids is 1. The summed E-state index contributed by atoms with van der Waals surface area (Å²) in [7, 11) is 0. The first-order valence-electron chi connectivity index (χ1n) is 8.74. The number of carbonyl (C=O) groups is 1. The molecule has 1 N–H and O–H groups in total. The molecule has 2 aliphatic rings. The van der Waals surface area contributed by atoms with Crippen LogP contribution in [0.25, 0.3) is 0 Å². The maximum absolute atomic E-state index is 12.2. The van der Waals surface area contributed by atoms with Crippen molar-refractivity contribution in [3.8, 4) is 0 Å². The van der Waals surface area contributed by atoms with Crippen LogP contribution in [0.2, 0.25) is 0 Å². The lowest BCUT2D eigenvalue weighted by atomic mass is 9.94. The quantitative estimate of drug-likeness (QED) is 0.525. The Kier molecular flexibility index (Phi) is 6.06. The van der Waals surface area contributed by atoms with Crippen LogP contribution in [-0.4, -0.2) is 48.2 Å². The summed E-state index contributed by atoms with van der Waals surface area (Å²) in [5.41, 5.74) is -0.492. The van der Waals surface area contributed by atoms with Gasteiger partial charge in [-0.1, -0.05) is 0 Å². The minimum Gasteiger partial charge on any atom is -0.465 e. The van der Waals surface area contributed by atoms with Gasteiger partial charge in [-0.3, -0.25) is 10.1 Å². The molecule has 2 fully saturated rings. The molecule has 21 heavy (non-hydrogen) atoms. The van der Waals surface area contributed by atoms with Crippen molar-refractivity contribution < 1.29 is 9.53 Å². The number of hydrogen-bond donors (Lipinski definition) is 1. The Labute approximate surface area is 129 Å². The first-order chi connectivity index (χ1) is 10.0. The molecule has 1 heterocycles. The Hall–Kier alpha value is -0.610. The molecular formula is C17H32N2O2. The molecule has 2 rings (SSSR count). The van der Waals surface area contributed by atoms with Crippen LogP contribution in [0.15, 0.2) is 0 Å². The summed E-state index contributed by atoms with van der Waals surface area (Å²) in [6.07, 6.45) is 8.20. The highest BCUT2D eigenvalue weighted by Crippen LogP contribution is 2.26. The summed E-state index contributed by atoms with van der Waals surface area (Å²) in [6.45, 7) is 9.10. The van der Waals surface area contributed by atoms with Gasteiger partial charge >= 0.3 is 5.97 Å². The molecule has 2 unspecified atom stereocenters. The molecule has 0 aromatic heterocycles. The van der Waals surface area contributed by atoms with Crippen molar-refractivity contribution in [1.82, 2.24) is 10.2 Å². The Morgan fingerprint density at radius 2 is 2.10 bits per heavy atom. The minimum atomic E-state index is -0.492. The van der Waals surface area contributed by atoms with E-state index < -0.39 is 5.54 Å². The van der Waals surface area contributed by atoms with Gasteiger partial charge in [-0.25, -0.2) is 0 Å². The second-order valence-electron chi connectivity index (χ2n) is 6.96.